The Balaban J connectivity index is 1.29. The number of fused-ring (bicyclic) bond motifs is 2. The predicted octanol–water partition coefficient (Wildman–Crippen LogP) is 9.69. The lowest BCUT2D eigenvalue weighted by molar-refractivity contribution is 0.634. The monoisotopic (exact) mass is 501 g/mol. The number of rotatable bonds is 3. The highest BCUT2D eigenvalue weighted by Crippen LogP contribution is 2.44. The number of benzene rings is 6. The third kappa shape index (κ3) is 3.68. The van der Waals surface area contributed by atoms with Gasteiger partial charge in [-0.3, -0.25) is 0 Å². The van der Waals surface area contributed by atoms with Crippen molar-refractivity contribution in [1.82, 2.24) is 0 Å². The highest BCUT2D eigenvalue weighted by atomic mass is 15.1. The average molecular weight is 502 g/mol. The number of hydrogen-bond acceptors (Lipinski definition) is 1. The molecule has 0 amide bonds. The first-order valence-corrected chi connectivity index (χ1v) is 14.4. The topological polar surface area (TPSA) is 3.24 Å². The quantitative estimate of drug-likeness (QED) is 0.218. The third-order valence-corrected chi connectivity index (χ3v) is 8.83. The van der Waals surface area contributed by atoms with E-state index in [1.54, 1.807) is 16.8 Å². The lowest BCUT2D eigenvalue weighted by atomic mass is 9.85. The van der Waals surface area contributed by atoms with Gasteiger partial charge < -0.3 is 4.90 Å². The summed E-state index contributed by atoms with van der Waals surface area (Å²) in [5.41, 5.74) is 12.5. The largest absolute Gasteiger partial charge is 0.371 e. The molecule has 8 rings (SSSR count). The molecule has 6 aromatic rings. The van der Waals surface area contributed by atoms with Gasteiger partial charge in [-0.1, -0.05) is 103 Å². The molecule has 0 aliphatic carbocycles. The lowest BCUT2D eigenvalue weighted by Gasteiger charge is -2.37. The molecule has 0 saturated carbocycles. The van der Waals surface area contributed by atoms with Crippen molar-refractivity contribution in [3.63, 3.8) is 0 Å². The summed E-state index contributed by atoms with van der Waals surface area (Å²) in [6, 6.07) is 42.9. The molecular weight excluding hydrogens is 470 g/mol. The molecule has 1 heteroatoms. The van der Waals surface area contributed by atoms with E-state index in [2.05, 4.69) is 120 Å². The first-order chi connectivity index (χ1) is 19.3. The Labute approximate surface area is 230 Å². The zero-order chi connectivity index (χ0) is 25.8. The summed E-state index contributed by atoms with van der Waals surface area (Å²) >= 11 is 0. The second-order valence-corrected chi connectivity index (χ2v) is 11.1. The molecule has 0 fully saturated rings. The fourth-order valence-corrected chi connectivity index (χ4v) is 7.15. The van der Waals surface area contributed by atoms with Crippen LogP contribution in [0, 0.1) is 0 Å². The molecule has 0 atom stereocenters. The van der Waals surface area contributed by atoms with Crippen LogP contribution in [-0.2, 0) is 12.8 Å². The zero-order valence-electron chi connectivity index (χ0n) is 22.2. The lowest BCUT2D eigenvalue weighted by Crippen LogP contribution is -2.34. The maximum atomic E-state index is 2.62. The van der Waals surface area contributed by atoms with E-state index in [0.29, 0.717) is 0 Å². The third-order valence-electron chi connectivity index (χ3n) is 8.83. The molecule has 39 heavy (non-hydrogen) atoms. The van der Waals surface area contributed by atoms with Crippen molar-refractivity contribution in [3.8, 4) is 33.4 Å². The van der Waals surface area contributed by atoms with Crippen LogP contribution < -0.4 is 4.90 Å². The van der Waals surface area contributed by atoms with E-state index < -0.39 is 0 Å². The molecule has 0 unspecified atom stereocenters. The van der Waals surface area contributed by atoms with Crippen LogP contribution in [0.2, 0.25) is 0 Å². The van der Waals surface area contributed by atoms with E-state index in [9.17, 15) is 0 Å². The zero-order valence-corrected chi connectivity index (χ0v) is 22.2. The van der Waals surface area contributed by atoms with Crippen molar-refractivity contribution in [1.29, 1.82) is 0 Å². The van der Waals surface area contributed by atoms with Gasteiger partial charge in [-0.2, -0.15) is 0 Å². The van der Waals surface area contributed by atoms with Gasteiger partial charge in [0.1, 0.15) is 0 Å². The van der Waals surface area contributed by atoms with Gasteiger partial charge in [0.25, 0.3) is 0 Å². The van der Waals surface area contributed by atoms with Crippen LogP contribution in [-0.4, -0.2) is 13.1 Å². The number of hydrogen-bond donors (Lipinski definition) is 0. The minimum atomic E-state index is 1.20. The van der Waals surface area contributed by atoms with Gasteiger partial charge in [0.15, 0.2) is 0 Å². The molecule has 2 heterocycles. The molecule has 2 aliphatic rings. The molecule has 188 valence electrons. The van der Waals surface area contributed by atoms with E-state index in [0.717, 1.165) is 0 Å². The fourth-order valence-electron chi connectivity index (χ4n) is 7.15. The Kier molecular flexibility index (Phi) is 5.29. The first kappa shape index (κ1) is 22.6. The molecule has 0 spiro atoms. The fraction of sp³-hybridized carbons (Fsp3) is 0.158. The normalized spacial score (nSPS) is 14.5. The van der Waals surface area contributed by atoms with Crippen LogP contribution in [0.4, 0.5) is 5.69 Å². The van der Waals surface area contributed by atoms with Gasteiger partial charge in [0, 0.05) is 18.8 Å². The number of aryl methyl sites for hydroxylation is 2. The summed E-state index contributed by atoms with van der Waals surface area (Å²) in [7, 11) is 0. The second-order valence-electron chi connectivity index (χ2n) is 11.1. The second kappa shape index (κ2) is 9.13. The molecule has 6 aromatic carbocycles. The summed E-state index contributed by atoms with van der Waals surface area (Å²) in [6.07, 6.45) is 4.95. The molecule has 1 nitrogen and oxygen atoms in total. The van der Waals surface area contributed by atoms with Crippen LogP contribution >= 0.6 is 0 Å². The Bertz CT molecular complexity index is 1760. The van der Waals surface area contributed by atoms with Gasteiger partial charge in [0.05, 0.1) is 0 Å². The Morgan fingerprint density at radius 1 is 0.410 bits per heavy atom. The van der Waals surface area contributed by atoms with E-state index in [1.165, 1.54) is 93.7 Å². The van der Waals surface area contributed by atoms with E-state index in [1.807, 2.05) is 0 Å². The highest BCUT2D eigenvalue weighted by Gasteiger charge is 2.24. The van der Waals surface area contributed by atoms with Crippen LogP contribution in [0.1, 0.15) is 24.0 Å². The standard InChI is InChI=1S/C38H31N/c1-2-10-27(11-3-1)36-32-14-4-6-16-34(32)37(35-17-7-5-15-33(35)36)28-20-18-26(19-21-28)31-24-29-12-8-22-39-23-9-13-30(25-31)38(29)39/h1-7,10-11,14-21,24-25H,8-9,12-13,22-23H2. The number of anilines is 1. The molecule has 0 radical (unpaired) electrons. The van der Waals surface area contributed by atoms with E-state index in [4.69, 9.17) is 0 Å². The molecule has 0 bridgehead atoms. The SMILES string of the molecule is c1ccc(-c2c3ccccc3c(-c3ccc(-c4cc5c6c(c4)CCCN6CCC5)cc3)c3ccccc23)cc1. The van der Waals surface area contributed by atoms with Crippen molar-refractivity contribution < 1.29 is 0 Å². The summed E-state index contributed by atoms with van der Waals surface area (Å²) in [4.78, 5) is 2.62. The Morgan fingerprint density at radius 3 is 1.36 bits per heavy atom. The average Bonchev–Trinajstić information content (AvgIpc) is 3.00. The van der Waals surface area contributed by atoms with Crippen molar-refractivity contribution in [2.45, 2.75) is 25.7 Å². The number of nitrogens with zero attached hydrogens (tertiary/aromatic N) is 1. The van der Waals surface area contributed by atoms with Crippen molar-refractivity contribution in [2.75, 3.05) is 18.0 Å². The molecule has 0 saturated heterocycles. The Hall–Kier alpha value is -4.36. The van der Waals surface area contributed by atoms with Gasteiger partial charge in [-0.05, 0) is 104 Å². The Morgan fingerprint density at radius 2 is 0.846 bits per heavy atom. The predicted molar refractivity (Wildman–Crippen MR) is 167 cm³/mol. The summed E-state index contributed by atoms with van der Waals surface area (Å²) in [5, 5.41) is 5.22. The molecular formula is C38H31N. The van der Waals surface area contributed by atoms with Gasteiger partial charge >= 0.3 is 0 Å². The van der Waals surface area contributed by atoms with Crippen molar-refractivity contribution in [3.05, 3.63) is 126 Å². The minimum absolute atomic E-state index is 1.20. The van der Waals surface area contributed by atoms with E-state index in [-0.39, 0.29) is 0 Å². The van der Waals surface area contributed by atoms with E-state index >= 15 is 0 Å². The van der Waals surface area contributed by atoms with Gasteiger partial charge in [0.2, 0.25) is 0 Å². The van der Waals surface area contributed by atoms with Crippen molar-refractivity contribution in [2.24, 2.45) is 0 Å². The first-order valence-electron chi connectivity index (χ1n) is 14.4. The minimum Gasteiger partial charge on any atom is -0.371 e. The molecule has 0 aromatic heterocycles. The smallest absolute Gasteiger partial charge is 0.0431 e. The molecule has 0 N–H and O–H groups in total. The van der Waals surface area contributed by atoms with Crippen LogP contribution in [0.25, 0.3) is 54.9 Å². The summed E-state index contributed by atoms with van der Waals surface area (Å²) in [5.74, 6) is 0. The summed E-state index contributed by atoms with van der Waals surface area (Å²) in [6.45, 7) is 2.44. The maximum absolute atomic E-state index is 2.62. The van der Waals surface area contributed by atoms with Crippen LogP contribution in [0.3, 0.4) is 0 Å². The van der Waals surface area contributed by atoms with Gasteiger partial charge in [-0.15, -0.1) is 0 Å². The summed E-state index contributed by atoms with van der Waals surface area (Å²) < 4.78 is 0. The maximum Gasteiger partial charge on any atom is 0.0431 e. The van der Waals surface area contributed by atoms with Gasteiger partial charge in [-0.25, -0.2) is 0 Å². The highest BCUT2D eigenvalue weighted by molar-refractivity contribution is 6.21. The molecule has 2 aliphatic heterocycles. The van der Waals surface area contributed by atoms with Crippen molar-refractivity contribution >= 4 is 27.2 Å². The van der Waals surface area contributed by atoms with Crippen LogP contribution in [0.5, 0.6) is 0 Å². The van der Waals surface area contributed by atoms with Crippen LogP contribution in [0.15, 0.2) is 115 Å².